The van der Waals surface area contributed by atoms with Crippen molar-refractivity contribution >= 4 is 23.3 Å². The smallest absolute Gasteiger partial charge is 0.245 e. The molecule has 158 valence electrons. The predicted molar refractivity (Wildman–Crippen MR) is 122 cm³/mol. The number of benzene rings is 2. The number of likely N-dealkylation sites (N-methyl/N-ethyl adjacent to an activating group) is 1. The number of anilines is 2. The second kappa shape index (κ2) is 10.0. The molecule has 0 fully saturated rings. The molecule has 1 amide bonds. The average molecular weight is 416 g/mol. The van der Waals surface area contributed by atoms with Gasteiger partial charge < -0.3 is 20.7 Å². The molecule has 3 rings (SSSR count). The van der Waals surface area contributed by atoms with Crippen molar-refractivity contribution in [3.63, 3.8) is 0 Å². The van der Waals surface area contributed by atoms with Gasteiger partial charge in [-0.3, -0.25) is 10.2 Å². The quantitative estimate of drug-likeness (QED) is 0.364. The maximum Gasteiger partial charge on any atom is 0.245 e. The zero-order valence-corrected chi connectivity index (χ0v) is 17.2. The molecule has 0 radical (unpaired) electrons. The molecule has 8 nitrogen and oxygen atoms in total. The van der Waals surface area contributed by atoms with E-state index in [9.17, 15) is 4.79 Å². The number of nitrogen functional groups attached to an aromatic ring is 1. The van der Waals surface area contributed by atoms with E-state index in [0.717, 1.165) is 5.75 Å². The lowest BCUT2D eigenvalue weighted by molar-refractivity contribution is -0.124. The van der Waals surface area contributed by atoms with Gasteiger partial charge in [-0.05, 0) is 42.5 Å². The third kappa shape index (κ3) is 5.45. The Morgan fingerprint density at radius 3 is 2.52 bits per heavy atom. The van der Waals surface area contributed by atoms with E-state index in [1.807, 2.05) is 30.3 Å². The van der Waals surface area contributed by atoms with Crippen LogP contribution in [0.1, 0.15) is 11.1 Å². The van der Waals surface area contributed by atoms with Crippen LogP contribution in [0.25, 0.3) is 0 Å². The number of para-hydroxylation sites is 1. The highest BCUT2D eigenvalue weighted by molar-refractivity contribution is 6.16. The number of nitrogens with zero attached hydrogens (tertiary/aromatic N) is 3. The van der Waals surface area contributed by atoms with Crippen molar-refractivity contribution in [1.29, 1.82) is 5.41 Å². The van der Waals surface area contributed by atoms with Gasteiger partial charge in [-0.25, -0.2) is 9.97 Å². The third-order valence-electron chi connectivity index (χ3n) is 4.54. The number of carbonyl (C=O) groups excluding carboxylic acids is 1. The summed E-state index contributed by atoms with van der Waals surface area (Å²) in [4.78, 5) is 21.4. The van der Waals surface area contributed by atoms with E-state index in [1.54, 1.807) is 31.3 Å². The van der Waals surface area contributed by atoms with Crippen molar-refractivity contribution in [2.75, 3.05) is 31.2 Å². The van der Waals surface area contributed by atoms with E-state index < -0.39 is 0 Å². The van der Waals surface area contributed by atoms with Crippen LogP contribution in [0, 0.1) is 5.41 Å². The van der Waals surface area contributed by atoms with E-state index in [0.29, 0.717) is 35.8 Å². The summed E-state index contributed by atoms with van der Waals surface area (Å²) in [5, 5.41) is 11.8. The molecule has 0 aliphatic heterocycles. The molecule has 31 heavy (non-hydrogen) atoms. The SMILES string of the molecule is C=CC(=O)N(C)CCNc1ncnc(N)c1C(=N)c1ccc(Oc2ccccc2)cc1. The van der Waals surface area contributed by atoms with Gasteiger partial charge in [-0.1, -0.05) is 24.8 Å². The van der Waals surface area contributed by atoms with Gasteiger partial charge in [0.2, 0.25) is 5.91 Å². The molecule has 1 aromatic heterocycles. The van der Waals surface area contributed by atoms with Crippen molar-refractivity contribution in [3.8, 4) is 11.5 Å². The summed E-state index contributed by atoms with van der Waals surface area (Å²) in [5.41, 5.74) is 7.28. The molecule has 0 atom stereocenters. The largest absolute Gasteiger partial charge is 0.457 e. The van der Waals surface area contributed by atoms with Crippen LogP contribution in [0.5, 0.6) is 11.5 Å². The number of amides is 1. The lowest BCUT2D eigenvalue weighted by atomic mass is 10.0. The van der Waals surface area contributed by atoms with E-state index in [4.69, 9.17) is 15.9 Å². The number of ether oxygens (including phenoxy) is 1. The molecule has 0 aliphatic rings. The molecule has 0 unspecified atom stereocenters. The van der Waals surface area contributed by atoms with Crippen LogP contribution in [0.3, 0.4) is 0 Å². The first-order chi connectivity index (χ1) is 15.0. The summed E-state index contributed by atoms with van der Waals surface area (Å²) >= 11 is 0. The van der Waals surface area contributed by atoms with Gasteiger partial charge in [0.15, 0.2) is 0 Å². The number of rotatable bonds is 9. The summed E-state index contributed by atoms with van der Waals surface area (Å²) in [6, 6.07) is 16.6. The van der Waals surface area contributed by atoms with E-state index >= 15 is 0 Å². The van der Waals surface area contributed by atoms with Gasteiger partial charge in [0, 0.05) is 25.7 Å². The number of aromatic nitrogens is 2. The Morgan fingerprint density at radius 2 is 1.84 bits per heavy atom. The Balaban J connectivity index is 1.73. The van der Waals surface area contributed by atoms with Crippen molar-refractivity contribution in [1.82, 2.24) is 14.9 Å². The number of nitrogens with one attached hydrogen (secondary N) is 2. The van der Waals surface area contributed by atoms with Gasteiger partial charge in [0.1, 0.15) is 29.5 Å². The topological polar surface area (TPSA) is 117 Å². The second-order valence-corrected chi connectivity index (χ2v) is 6.69. The standard InChI is InChI=1S/C23H24N6O2/c1-3-19(30)29(2)14-13-26-23-20(22(25)27-15-28-23)21(24)16-9-11-18(12-10-16)31-17-7-5-4-6-8-17/h3-12,15,24H,1,13-14H2,2H3,(H3,25,26,27,28). The summed E-state index contributed by atoms with van der Waals surface area (Å²) in [6.45, 7) is 4.34. The first-order valence-electron chi connectivity index (χ1n) is 9.63. The van der Waals surface area contributed by atoms with Crippen LogP contribution in [-0.4, -0.2) is 46.6 Å². The van der Waals surface area contributed by atoms with E-state index in [2.05, 4.69) is 21.9 Å². The minimum atomic E-state index is -0.172. The highest BCUT2D eigenvalue weighted by Crippen LogP contribution is 2.25. The van der Waals surface area contributed by atoms with Crippen LogP contribution in [0.15, 0.2) is 73.6 Å². The first kappa shape index (κ1) is 21.5. The fourth-order valence-electron chi connectivity index (χ4n) is 2.85. The maximum absolute atomic E-state index is 11.6. The zero-order chi connectivity index (χ0) is 22.2. The number of hydrogen-bond acceptors (Lipinski definition) is 7. The molecular formula is C23H24N6O2. The van der Waals surface area contributed by atoms with Crippen molar-refractivity contribution in [2.45, 2.75) is 0 Å². The Hall–Kier alpha value is -4.20. The van der Waals surface area contributed by atoms with E-state index in [-0.39, 0.29) is 17.4 Å². The minimum absolute atomic E-state index is 0.172. The summed E-state index contributed by atoms with van der Waals surface area (Å²) in [7, 11) is 1.68. The van der Waals surface area contributed by atoms with Gasteiger partial charge >= 0.3 is 0 Å². The van der Waals surface area contributed by atoms with Crippen molar-refractivity contribution in [2.24, 2.45) is 0 Å². The van der Waals surface area contributed by atoms with Crippen LogP contribution in [0.2, 0.25) is 0 Å². The molecule has 0 aliphatic carbocycles. The van der Waals surface area contributed by atoms with Crippen LogP contribution >= 0.6 is 0 Å². The molecule has 0 spiro atoms. The molecule has 0 saturated heterocycles. The fourth-order valence-corrected chi connectivity index (χ4v) is 2.85. The number of carbonyl (C=O) groups is 1. The molecule has 3 aromatic rings. The Kier molecular flexibility index (Phi) is 6.95. The normalized spacial score (nSPS) is 10.2. The lowest BCUT2D eigenvalue weighted by Crippen LogP contribution is -2.30. The van der Waals surface area contributed by atoms with Crippen LogP contribution in [-0.2, 0) is 4.79 Å². The van der Waals surface area contributed by atoms with Gasteiger partial charge in [0.05, 0.1) is 11.3 Å². The Labute approximate surface area is 180 Å². The summed E-state index contributed by atoms with van der Waals surface area (Å²) in [6.07, 6.45) is 2.60. The summed E-state index contributed by atoms with van der Waals surface area (Å²) in [5.74, 6) is 1.85. The predicted octanol–water partition coefficient (Wildman–Crippen LogP) is 3.32. The van der Waals surface area contributed by atoms with Crippen LogP contribution < -0.4 is 15.8 Å². The number of nitrogens with two attached hydrogens (primary N) is 1. The minimum Gasteiger partial charge on any atom is -0.457 e. The zero-order valence-electron chi connectivity index (χ0n) is 17.2. The Morgan fingerprint density at radius 1 is 1.16 bits per heavy atom. The van der Waals surface area contributed by atoms with Gasteiger partial charge in [-0.2, -0.15) is 0 Å². The molecule has 0 saturated carbocycles. The third-order valence-corrected chi connectivity index (χ3v) is 4.54. The van der Waals surface area contributed by atoms with Crippen molar-refractivity contribution in [3.05, 3.63) is 84.7 Å². The first-order valence-corrected chi connectivity index (χ1v) is 9.63. The second-order valence-electron chi connectivity index (χ2n) is 6.69. The molecule has 1 heterocycles. The van der Waals surface area contributed by atoms with Gasteiger partial charge in [-0.15, -0.1) is 0 Å². The highest BCUT2D eigenvalue weighted by Gasteiger charge is 2.16. The maximum atomic E-state index is 11.6. The fraction of sp³-hybridized carbons (Fsp3) is 0.130. The van der Waals surface area contributed by atoms with Crippen LogP contribution in [0.4, 0.5) is 11.6 Å². The number of hydrogen-bond donors (Lipinski definition) is 3. The molecule has 0 bridgehead atoms. The van der Waals surface area contributed by atoms with E-state index in [1.165, 1.54) is 17.3 Å². The summed E-state index contributed by atoms with van der Waals surface area (Å²) < 4.78 is 5.80. The molecule has 4 N–H and O–H groups in total. The molecular weight excluding hydrogens is 392 g/mol. The van der Waals surface area contributed by atoms with Crippen molar-refractivity contribution < 1.29 is 9.53 Å². The lowest BCUT2D eigenvalue weighted by Gasteiger charge is -2.17. The van der Waals surface area contributed by atoms with Gasteiger partial charge in [0.25, 0.3) is 0 Å². The highest BCUT2D eigenvalue weighted by atomic mass is 16.5. The molecule has 8 heteroatoms. The Bertz CT molecular complexity index is 1070. The monoisotopic (exact) mass is 416 g/mol. The molecule has 2 aromatic carbocycles. The average Bonchev–Trinajstić information content (AvgIpc) is 2.79.